The molecule has 2 N–H and O–H groups in total. The Bertz CT molecular complexity index is 1590. The third kappa shape index (κ3) is 5.15. The lowest BCUT2D eigenvalue weighted by Gasteiger charge is -2.13. The molecule has 7 nitrogen and oxygen atoms in total. The number of hydrogen-bond acceptors (Lipinski definition) is 5. The molecule has 0 fully saturated rings. The van der Waals surface area contributed by atoms with E-state index in [1.807, 2.05) is 54.6 Å². The number of anilines is 1. The molecule has 0 unspecified atom stereocenters. The first-order valence-electron chi connectivity index (χ1n) is 11.9. The minimum absolute atomic E-state index is 0.0920. The van der Waals surface area contributed by atoms with E-state index in [1.54, 1.807) is 37.6 Å². The van der Waals surface area contributed by atoms with Gasteiger partial charge in [0.15, 0.2) is 5.16 Å². The Morgan fingerprint density at radius 3 is 2.43 bits per heavy atom. The third-order valence-corrected chi connectivity index (χ3v) is 7.00. The number of H-pyrrole nitrogens is 1. The van der Waals surface area contributed by atoms with Gasteiger partial charge in [-0.2, -0.15) is 0 Å². The van der Waals surface area contributed by atoms with E-state index in [4.69, 9.17) is 9.72 Å². The van der Waals surface area contributed by atoms with E-state index in [-0.39, 0.29) is 17.2 Å². The van der Waals surface area contributed by atoms with Crippen LogP contribution in [-0.4, -0.2) is 33.3 Å². The van der Waals surface area contributed by atoms with Gasteiger partial charge in [0.1, 0.15) is 16.8 Å². The Hall–Kier alpha value is -4.30. The molecule has 0 saturated heterocycles. The highest BCUT2D eigenvalue weighted by atomic mass is 32.2. The summed E-state index contributed by atoms with van der Waals surface area (Å²) in [5.74, 6) is 0.594. The molecule has 186 valence electrons. The van der Waals surface area contributed by atoms with Crippen molar-refractivity contribution in [2.24, 2.45) is 0 Å². The fourth-order valence-corrected chi connectivity index (χ4v) is 4.89. The van der Waals surface area contributed by atoms with Crippen molar-refractivity contribution in [3.05, 3.63) is 101 Å². The summed E-state index contributed by atoms with van der Waals surface area (Å²) in [6.45, 7) is 2.09. The number of rotatable bonds is 8. The molecule has 0 spiro atoms. The minimum Gasteiger partial charge on any atom is -0.497 e. The number of hydrogen-bond donors (Lipinski definition) is 2. The molecule has 1 amide bonds. The molecule has 0 atom stereocenters. The molecule has 5 rings (SSSR count). The summed E-state index contributed by atoms with van der Waals surface area (Å²) in [6.07, 6.45) is 2.74. The van der Waals surface area contributed by atoms with E-state index in [0.717, 1.165) is 23.2 Å². The van der Waals surface area contributed by atoms with Crippen molar-refractivity contribution in [3.63, 3.8) is 0 Å². The van der Waals surface area contributed by atoms with Crippen LogP contribution in [0.5, 0.6) is 5.75 Å². The molecule has 0 saturated carbocycles. The quantitative estimate of drug-likeness (QED) is 0.207. The number of ether oxygens (including phenoxy) is 1. The molecule has 0 aliphatic heterocycles. The number of nitrogens with zero attached hydrogens (tertiary/aromatic N) is 2. The predicted molar refractivity (Wildman–Crippen MR) is 149 cm³/mol. The number of aromatic amines is 1. The number of fused-ring (bicyclic) bond motifs is 1. The number of aromatic nitrogens is 3. The van der Waals surface area contributed by atoms with E-state index in [0.29, 0.717) is 27.6 Å². The Morgan fingerprint density at radius 1 is 1.03 bits per heavy atom. The van der Waals surface area contributed by atoms with Crippen LogP contribution in [0.1, 0.15) is 12.5 Å². The smallest absolute Gasteiger partial charge is 0.283 e. The molecule has 0 aliphatic carbocycles. The number of nitrogens with one attached hydrogen (secondary N) is 2. The van der Waals surface area contributed by atoms with Crippen molar-refractivity contribution in [2.45, 2.75) is 18.5 Å². The van der Waals surface area contributed by atoms with Gasteiger partial charge in [-0.3, -0.25) is 14.2 Å². The van der Waals surface area contributed by atoms with Gasteiger partial charge >= 0.3 is 0 Å². The fraction of sp³-hybridized carbons (Fsp3) is 0.138. The second-order valence-electron chi connectivity index (χ2n) is 8.41. The van der Waals surface area contributed by atoms with E-state index in [9.17, 15) is 9.59 Å². The summed E-state index contributed by atoms with van der Waals surface area (Å²) >= 11 is 1.22. The highest BCUT2D eigenvalue weighted by Crippen LogP contribution is 2.29. The number of amides is 1. The Kier molecular flexibility index (Phi) is 7.09. The van der Waals surface area contributed by atoms with Crippen LogP contribution in [0.3, 0.4) is 0 Å². The average Bonchev–Trinajstić information content (AvgIpc) is 3.37. The number of carbonyl (C=O) groups is 1. The number of methoxy groups -OCH3 is 1. The van der Waals surface area contributed by atoms with Gasteiger partial charge in [0, 0.05) is 17.4 Å². The first kappa shape index (κ1) is 24.4. The molecular formula is C29H26N4O3S. The molecule has 0 radical (unpaired) electrons. The third-order valence-electron chi connectivity index (χ3n) is 6.06. The van der Waals surface area contributed by atoms with Gasteiger partial charge in [0.05, 0.1) is 18.6 Å². The first-order valence-corrected chi connectivity index (χ1v) is 12.9. The maximum absolute atomic E-state index is 13.7. The summed E-state index contributed by atoms with van der Waals surface area (Å²) < 4.78 is 6.80. The summed E-state index contributed by atoms with van der Waals surface area (Å²) in [5.41, 5.74) is 5.08. The molecule has 0 aliphatic rings. The fourth-order valence-electron chi connectivity index (χ4n) is 4.08. The van der Waals surface area contributed by atoms with Gasteiger partial charge in [-0.05, 0) is 53.9 Å². The average molecular weight is 511 g/mol. The van der Waals surface area contributed by atoms with Crippen molar-refractivity contribution in [3.8, 4) is 22.6 Å². The summed E-state index contributed by atoms with van der Waals surface area (Å²) in [7, 11) is 1.59. The van der Waals surface area contributed by atoms with Crippen LogP contribution < -0.4 is 15.6 Å². The standard InChI is InChI=1S/C29H26N4O3S/c1-3-19-9-11-21(12-10-19)31-25(34)18-37-29-32-26-24(20-7-5-4-6-8-20)17-30-27(26)28(35)33(29)22-13-15-23(36-2)16-14-22/h4-17,30H,3,18H2,1-2H3,(H,31,34). The molecule has 0 bridgehead atoms. The van der Waals surface area contributed by atoms with Crippen molar-refractivity contribution in [2.75, 3.05) is 18.2 Å². The minimum atomic E-state index is -0.240. The molecule has 5 aromatic rings. The van der Waals surface area contributed by atoms with Crippen LogP contribution >= 0.6 is 11.8 Å². The van der Waals surface area contributed by atoms with Gasteiger partial charge < -0.3 is 15.0 Å². The normalized spacial score (nSPS) is 11.0. The van der Waals surface area contributed by atoms with E-state index >= 15 is 0 Å². The van der Waals surface area contributed by atoms with Crippen molar-refractivity contribution in [1.82, 2.24) is 14.5 Å². The van der Waals surface area contributed by atoms with Gasteiger partial charge in [-0.25, -0.2) is 4.98 Å². The lowest BCUT2D eigenvalue weighted by atomic mass is 10.1. The summed E-state index contributed by atoms with van der Waals surface area (Å²) in [4.78, 5) is 34.5. The van der Waals surface area contributed by atoms with Crippen molar-refractivity contribution < 1.29 is 9.53 Å². The summed E-state index contributed by atoms with van der Waals surface area (Å²) in [5, 5.41) is 3.35. The topological polar surface area (TPSA) is 89.0 Å². The number of aryl methyl sites for hydroxylation is 1. The second kappa shape index (κ2) is 10.8. The second-order valence-corrected chi connectivity index (χ2v) is 9.35. The predicted octanol–water partition coefficient (Wildman–Crippen LogP) is 5.68. The van der Waals surface area contributed by atoms with Crippen LogP contribution in [0.4, 0.5) is 5.69 Å². The molecular weight excluding hydrogens is 484 g/mol. The maximum atomic E-state index is 13.7. The molecule has 8 heteroatoms. The monoisotopic (exact) mass is 510 g/mol. The Labute approximate surface area is 218 Å². The molecule has 2 heterocycles. The van der Waals surface area contributed by atoms with E-state index < -0.39 is 0 Å². The summed E-state index contributed by atoms with van der Waals surface area (Å²) in [6, 6.07) is 24.7. The molecule has 3 aromatic carbocycles. The van der Waals surface area contributed by atoms with Crippen LogP contribution in [0, 0.1) is 0 Å². The van der Waals surface area contributed by atoms with Crippen LogP contribution in [0.15, 0.2) is 95.0 Å². The van der Waals surface area contributed by atoms with Crippen LogP contribution in [0.2, 0.25) is 0 Å². The van der Waals surface area contributed by atoms with E-state index in [2.05, 4.69) is 17.2 Å². The van der Waals surface area contributed by atoms with Gasteiger partial charge in [-0.1, -0.05) is 61.2 Å². The van der Waals surface area contributed by atoms with Gasteiger partial charge in [0.2, 0.25) is 5.91 Å². The van der Waals surface area contributed by atoms with E-state index in [1.165, 1.54) is 21.9 Å². The van der Waals surface area contributed by atoms with Gasteiger partial charge in [-0.15, -0.1) is 0 Å². The largest absolute Gasteiger partial charge is 0.497 e. The van der Waals surface area contributed by atoms with Crippen molar-refractivity contribution in [1.29, 1.82) is 0 Å². The number of benzene rings is 3. The SMILES string of the molecule is CCc1ccc(NC(=O)CSc2nc3c(-c4ccccc4)c[nH]c3c(=O)n2-c2ccc(OC)cc2)cc1. The number of thioether (sulfide) groups is 1. The first-order chi connectivity index (χ1) is 18.1. The highest BCUT2D eigenvalue weighted by molar-refractivity contribution is 7.99. The van der Waals surface area contributed by atoms with Crippen LogP contribution in [-0.2, 0) is 11.2 Å². The zero-order chi connectivity index (χ0) is 25.8. The molecule has 2 aromatic heterocycles. The lowest BCUT2D eigenvalue weighted by molar-refractivity contribution is -0.113. The Balaban J connectivity index is 1.52. The lowest BCUT2D eigenvalue weighted by Crippen LogP contribution is -2.23. The maximum Gasteiger partial charge on any atom is 0.283 e. The Morgan fingerprint density at radius 2 is 1.76 bits per heavy atom. The van der Waals surface area contributed by atoms with Gasteiger partial charge in [0.25, 0.3) is 5.56 Å². The van der Waals surface area contributed by atoms with Crippen molar-refractivity contribution >= 4 is 34.4 Å². The number of carbonyl (C=O) groups excluding carboxylic acids is 1. The molecule has 37 heavy (non-hydrogen) atoms. The zero-order valence-corrected chi connectivity index (χ0v) is 21.3. The zero-order valence-electron chi connectivity index (χ0n) is 20.5. The van der Waals surface area contributed by atoms with Crippen LogP contribution in [0.25, 0.3) is 27.8 Å². The highest BCUT2D eigenvalue weighted by Gasteiger charge is 2.19.